The molecule has 1 N–H and O–H groups in total. The second-order valence-electron chi connectivity index (χ2n) is 5.12. The summed E-state index contributed by atoms with van der Waals surface area (Å²) in [7, 11) is 1.65. The molecule has 0 radical (unpaired) electrons. The standard InChI is InChI=1S/C16H23NO3/c1-11(2)19-9-8-17-12(3)15-10-13-6-5-7-14(18-4)16(13)20-15/h5-7,10-12,17H,8-9H2,1-4H3. The van der Waals surface area contributed by atoms with Crippen LogP contribution in [0.25, 0.3) is 11.0 Å². The fourth-order valence-electron chi connectivity index (χ4n) is 2.10. The zero-order chi connectivity index (χ0) is 14.5. The molecule has 1 unspecified atom stereocenters. The Hall–Kier alpha value is -1.52. The molecule has 1 aromatic heterocycles. The monoisotopic (exact) mass is 277 g/mol. The number of methoxy groups -OCH3 is 1. The number of rotatable bonds is 7. The Morgan fingerprint density at radius 1 is 1.25 bits per heavy atom. The summed E-state index contributed by atoms with van der Waals surface area (Å²) in [5.74, 6) is 1.68. The van der Waals surface area contributed by atoms with Gasteiger partial charge in [0.15, 0.2) is 11.3 Å². The van der Waals surface area contributed by atoms with Crippen LogP contribution in [0.3, 0.4) is 0 Å². The molecule has 1 atom stereocenters. The van der Waals surface area contributed by atoms with Gasteiger partial charge in [-0.25, -0.2) is 0 Å². The summed E-state index contributed by atoms with van der Waals surface area (Å²) in [5.41, 5.74) is 0.803. The van der Waals surface area contributed by atoms with E-state index in [0.717, 1.165) is 29.0 Å². The quantitative estimate of drug-likeness (QED) is 0.786. The third kappa shape index (κ3) is 3.52. The van der Waals surface area contributed by atoms with Crippen molar-refractivity contribution in [3.05, 3.63) is 30.0 Å². The number of furan rings is 1. The number of hydrogen-bond donors (Lipinski definition) is 1. The molecule has 2 aromatic rings. The fraction of sp³-hybridized carbons (Fsp3) is 0.500. The van der Waals surface area contributed by atoms with Crippen molar-refractivity contribution < 1.29 is 13.9 Å². The number of nitrogens with one attached hydrogen (secondary N) is 1. The molecule has 0 fully saturated rings. The highest BCUT2D eigenvalue weighted by Crippen LogP contribution is 2.30. The Labute approximate surface area is 120 Å². The molecule has 0 saturated heterocycles. The molecule has 0 amide bonds. The summed E-state index contributed by atoms with van der Waals surface area (Å²) >= 11 is 0. The normalized spacial score (nSPS) is 13.1. The van der Waals surface area contributed by atoms with E-state index in [0.29, 0.717) is 6.61 Å². The lowest BCUT2D eigenvalue weighted by molar-refractivity contribution is 0.0793. The highest BCUT2D eigenvalue weighted by molar-refractivity contribution is 5.83. The number of para-hydroxylation sites is 1. The van der Waals surface area contributed by atoms with Crippen molar-refractivity contribution in [3.63, 3.8) is 0 Å². The maximum Gasteiger partial charge on any atom is 0.176 e. The van der Waals surface area contributed by atoms with Gasteiger partial charge in [0.25, 0.3) is 0 Å². The summed E-state index contributed by atoms with van der Waals surface area (Å²) in [4.78, 5) is 0. The van der Waals surface area contributed by atoms with Gasteiger partial charge in [-0.3, -0.25) is 0 Å². The van der Waals surface area contributed by atoms with Gasteiger partial charge in [0.2, 0.25) is 0 Å². The topological polar surface area (TPSA) is 43.6 Å². The van der Waals surface area contributed by atoms with Crippen molar-refractivity contribution in [2.45, 2.75) is 32.9 Å². The Kier molecular flexibility index (Phi) is 5.04. The van der Waals surface area contributed by atoms with E-state index in [1.54, 1.807) is 7.11 Å². The summed E-state index contributed by atoms with van der Waals surface area (Å²) in [6.07, 6.45) is 0.266. The number of ether oxygens (including phenoxy) is 2. The molecule has 0 aliphatic carbocycles. The predicted molar refractivity (Wildman–Crippen MR) is 80.3 cm³/mol. The first-order chi connectivity index (χ1) is 9.61. The molecule has 0 aliphatic rings. The van der Waals surface area contributed by atoms with Crippen LogP contribution >= 0.6 is 0 Å². The fourth-order valence-corrected chi connectivity index (χ4v) is 2.10. The minimum absolute atomic E-state index is 0.142. The molecule has 4 heteroatoms. The van der Waals surface area contributed by atoms with Crippen LogP contribution in [0.4, 0.5) is 0 Å². The lowest BCUT2D eigenvalue weighted by atomic mass is 10.2. The van der Waals surface area contributed by atoms with E-state index in [1.165, 1.54) is 0 Å². The first-order valence-corrected chi connectivity index (χ1v) is 7.03. The van der Waals surface area contributed by atoms with E-state index in [4.69, 9.17) is 13.9 Å². The van der Waals surface area contributed by atoms with Crippen LogP contribution in [0.15, 0.2) is 28.7 Å². The van der Waals surface area contributed by atoms with Crippen LogP contribution in [0, 0.1) is 0 Å². The molecule has 2 rings (SSSR count). The molecule has 20 heavy (non-hydrogen) atoms. The van der Waals surface area contributed by atoms with E-state index in [9.17, 15) is 0 Å². The van der Waals surface area contributed by atoms with Crippen molar-refractivity contribution in [1.29, 1.82) is 0 Å². The third-order valence-corrected chi connectivity index (χ3v) is 3.18. The lowest BCUT2D eigenvalue weighted by Gasteiger charge is -2.12. The first-order valence-electron chi connectivity index (χ1n) is 7.03. The van der Waals surface area contributed by atoms with Crippen molar-refractivity contribution in [2.75, 3.05) is 20.3 Å². The number of hydrogen-bond acceptors (Lipinski definition) is 4. The van der Waals surface area contributed by atoms with Gasteiger partial charge < -0.3 is 19.2 Å². The second-order valence-corrected chi connectivity index (χ2v) is 5.12. The zero-order valence-corrected chi connectivity index (χ0v) is 12.6. The molecule has 1 aromatic carbocycles. The SMILES string of the molecule is COc1cccc2cc(C(C)NCCOC(C)C)oc12. The van der Waals surface area contributed by atoms with E-state index in [1.807, 2.05) is 32.0 Å². The highest BCUT2D eigenvalue weighted by Gasteiger charge is 2.13. The summed E-state index contributed by atoms with van der Waals surface area (Å²) in [5, 5.41) is 4.45. The van der Waals surface area contributed by atoms with Crippen molar-refractivity contribution in [2.24, 2.45) is 0 Å². The Balaban J connectivity index is 2.01. The maximum absolute atomic E-state index is 5.90. The van der Waals surface area contributed by atoms with Gasteiger partial charge in [-0.05, 0) is 32.9 Å². The highest BCUT2D eigenvalue weighted by atomic mass is 16.5. The van der Waals surface area contributed by atoms with E-state index in [2.05, 4.69) is 18.3 Å². The summed E-state index contributed by atoms with van der Waals surface area (Å²) < 4.78 is 16.7. The molecule has 0 saturated carbocycles. The van der Waals surface area contributed by atoms with Crippen LogP contribution in [-0.2, 0) is 4.74 Å². The van der Waals surface area contributed by atoms with Crippen molar-refractivity contribution in [3.8, 4) is 5.75 Å². The van der Waals surface area contributed by atoms with E-state index in [-0.39, 0.29) is 12.1 Å². The van der Waals surface area contributed by atoms with E-state index < -0.39 is 0 Å². The zero-order valence-electron chi connectivity index (χ0n) is 12.6. The van der Waals surface area contributed by atoms with Gasteiger partial charge in [0.05, 0.1) is 25.9 Å². The molecule has 0 bridgehead atoms. The molecular weight excluding hydrogens is 254 g/mol. The van der Waals surface area contributed by atoms with Gasteiger partial charge in [-0.1, -0.05) is 12.1 Å². The second kappa shape index (κ2) is 6.77. The predicted octanol–water partition coefficient (Wildman–Crippen LogP) is 3.52. The van der Waals surface area contributed by atoms with Gasteiger partial charge in [0, 0.05) is 11.9 Å². The Morgan fingerprint density at radius 2 is 2.05 bits per heavy atom. The molecule has 0 spiro atoms. The molecular formula is C16H23NO3. The maximum atomic E-state index is 5.90. The van der Waals surface area contributed by atoms with Gasteiger partial charge in [-0.2, -0.15) is 0 Å². The van der Waals surface area contributed by atoms with Crippen LogP contribution in [0.1, 0.15) is 32.6 Å². The molecule has 4 nitrogen and oxygen atoms in total. The van der Waals surface area contributed by atoms with Crippen LogP contribution in [-0.4, -0.2) is 26.4 Å². The first kappa shape index (κ1) is 14.9. The van der Waals surface area contributed by atoms with Crippen LogP contribution in [0.2, 0.25) is 0 Å². The van der Waals surface area contributed by atoms with Crippen LogP contribution in [0.5, 0.6) is 5.75 Å². The number of fused-ring (bicyclic) bond motifs is 1. The average molecular weight is 277 g/mol. The summed E-state index contributed by atoms with van der Waals surface area (Å²) in [6.45, 7) is 7.66. The molecule has 0 aliphatic heterocycles. The Bertz CT molecular complexity index is 548. The lowest BCUT2D eigenvalue weighted by Crippen LogP contribution is -2.24. The van der Waals surface area contributed by atoms with Crippen LogP contribution < -0.4 is 10.1 Å². The third-order valence-electron chi connectivity index (χ3n) is 3.18. The average Bonchev–Trinajstić information content (AvgIpc) is 2.87. The number of benzene rings is 1. The minimum atomic E-state index is 0.142. The van der Waals surface area contributed by atoms with Crippen molar-refractivity contribution >= 4 is 11.0 Å². The minimum Gasteiger partial charge on any atom is -0.493 e. The smallest absolute Gasteiger partial charge is 0.176 e. The largest absolute Gasteiger partial charge is 0.493 e. The van der Waals surface area contributed by atoms with E-state index >= 15 is 0 Å². The Morgan fingerprint density at radius 3 is 2.75 bits per heavy atom. The van der Waals surface area contributed by atoms with Crippen molar-refractivity contribution in [1.82, 2.24) is 5.32 Å². The summed E-state index contributed by atoms with van der Waals surface area (Å²) in [6, 6.07) is 8.10. The van der Waals surface area contributed by atoms with Gasteiger partial charge in [0.1, 0.15) is 5.76 Å². The van der Waals surface area contributed by atoms with Gasteiger partial charge >= 0.3 is 0 Å². The molecule has 110 valence electrons. The van der Waals surface area contributed by atoms with Gasteiger partial charge in [-0.15, -0.1) is 0 Å². The molecule has 1 heterocycles.